The number of para-hydroxylation sites is 2. The number of imidazole rings is 1. The molecule has 118 valence electrons. The molecule has 1 aromatic carbocycles. The quantitative estimate of drug-likeness (QED) is 0.634. The van der Waals surface area contributed by atoms with Crippen molar-refractivity contribution in [1.29, 1.82) is 0 Å². The van der Waals surface area contributed by atoms with E-state index >= 15 is 0 Å². The van der Waals surface area contributed by atoms with Crippen molar-refractivity contribution >= 4 is 22.9 Å². The topological polar surface area (TPSA) is 82.7 Å². The number of nitrogens with one attached hydrogen (secondary N) is 3. The van der Waals surface area contributed by atoms with Crippen LogP contribution in [-0.2, 0) is 6.42 Å². The maximum Gasteiger partial charge on any atom is 0.320 e. The number of benzene rings is 1. The van der Waals surface area contributed by atoms with Crippen LogP contribution in [0.2, 0.25) is 0 Å². The number of fused-ring (bicyclic) bond motifs is 1. The first-order valence-electron chi connectivity index (χ1n) is 7.62. The van der Waals surface area contributed by atoms with Crippen LogP contribution in [0.15, 0.2) is 42.6 Å². The fourth-order valence-electron chi connectivity index (χ4n) is 2.28. The lowest BCUT2D eigenvalue weighted by atomic mass is 10.3. The molecule has 0 unspecified atom stereocenters. The van der Waals surface area contributed by atoms with Gasteiger partial charge in [-0.05, 0) is 37.1 Å². The van der Waals surface area contributed by atoms with Crippen LogP contribution in [0.5, 0.6) is 0 Å². The number of hydrogen-bond acceptors (Lipinski definition) is 3. The first-order chi connectivity index (χ1) is 11.2. The predicted molar refractivity (Wildman–Crippen MR) is 90.4 cm³/mol. The Morgan fingerprint density at radius 3 is 2.87 bits per heavy atom. The number of anilines is 1. The van der Waals surface area contributed by atoms with Gasteiger partial charge < -0.3 is 10.3 Å². The van der Waals surface area contributed by atoms with Crippen molar-refractivity contribution in [3.05, 3.63) is 54.0 Å². The van der Waals surface area contributed by atoms with Crippen LogP contribution >= 0.6 is 0 Å². The maximum atomic E-state index is 11.8. The highest BCUT2D eigenvalue weighted by molar-refractivity contribution is 5.88. The van der Waals surface area contributed by atoms with Crippen LogP contribution in [0.1, 0.15) is 17.8 Å². The van der Waals surface area contributed by atoms with E-state index in [9.17, 15) is 4.79 Å². The Kier molecular flexibility index (Phi) is 4.52. The Bertz CT molecular complexity index is 761. The highest BCUT2D eigenvalue weighted by Gasteiger charge is 2.04. The number of aromatic nitrogens is 3. The van der Waals surface area contributed by atoms with Crippen LogP contribution in [-0.4, -0.2) is 27.5 Å². The molecule has 0 atom stereocenters. The molecule has 0 saturated carbocycles. The number of H-pyrrole nitrogens is 1. The van der Waals surface area contributed by atoms with Gasteiger partial charge in [0.25, 0.3) is 0 Å². The average molecular weight is 309 g/mol. The number of nitrogens with zero attached hydrogens (tertiary/aromatic N) is 2. The number of carbonyl (C=O) groups is 1. The number of hydrogen-bond donors (Lipinski definition) is 3. The van der Waals surface area contributed by atoms with E-state index in [1.807, 2.05) is 37.3 Å². The number of amides is 2. The van der Waals surface area contributed by atoms with Gasteiger partial charge in [-0.2, -0.15) is 0 Å². The van der Waals surface area contributed by atoms with Crippen LogP contribution in [0, 0.1) is 6.92 Å². The summed E-state index contributed by atoms with van der Waals surface area (Å²) >= 11 is 0. The Labute approximate surface area is 134 Å². The van der Waals surface area contributed by atoms with E-state index in [0.717, 1.165) is 35.3 Å². The van der Waals surface area contributed by atoms with Crippen molar-refractivity contribution in [3.63, 3.8) is 0 Å². The molecular weight excluding hydrogens is 290 g/mol. The molecule has 0 saturated heterocycles. The Morgan fingerprint density at radius 2 is 2.09 bits per heavy atom. The van der Waals surface area contributed by atoms with Gasteiger partial charge in [-0.3, -0.25) is 5.32 Å². The van der Waals surface area contributed by atoms with Crippen LogP contribution in [0.3, 0.4) is 0 Å². The second kappa shape index (κ2) is 6.91. The lowest BCUT2D eigenvalue weighted by Crippen LogP contribution is -2.30. The van der Waals surface area contributed by atoms with Crippen LogP contribution in [0.25, 0.3) is 11.0 Å². The molecule has 0 aliphatic rings. The first-order valence-corrected chi connectivity index (χ1v) is 7.62. The summed E-state index contributed by atoms with van der Waals surface area (Å²) in [4.78, 5) is 23.7. The van der Waals surface area contributed by atoms with Crippen molar-refractivity contribution in [2.45, 2.75) is 19.8 Å². The molecular formula is C17H19N5O. The molecule has 0 aliphatic carbocycles. The lowest BCUT2D eigenvalue weighted by Gasteiger charge is -2.06. The van der Waals surface area contributed by atoms with E-state index in [2.05, 4.69) is 25.6 Å². The minimum Gasteiger partial charge on any atom is -0.342 e. The molecule has 0 bridgehead atoms. The minimum atomic E-state index is -0.244. The summed E-state index contributed by atoms with van der Waals surface area (Å²) in [6, 6.07) is 11.4. The Morgan fingerprint density at radius 1 is 1.22 bits per heavy atom. The number of aromatic amines is 1. The monoisotopic (exact) mass is 309 g/mol. The second-order valence-corrected chi connectivity index (χ2v) is 5.41. The normalized spacial score (nSPS) is 10.7. The van der Waals surface area contributed by atoms with Gasteiger partial charge >= 0.3 is 6.03 Å². The van der Waals surface area contributed by atoms with E-state index in [0.29, 0.717) is 12.4 Å². The molecule has 2 amide bonds. The molecule has 6 heteroatoms. The number of rotatable bonds is 5. The molecule has 0 radical (unpaired) electrons. The van der Waals surface area contributed by atoms with Crippen molar-refractivity contribution in [2.24, 2.45) is 0 Å². The third kappa shape index (κ3) is 4.06. The van der Waals surface area contributed by atoms with E-state index in [-0.39, 0.29) is 6.03 Å². The molecule has 3 N–H and O–H groups in total. The van der Waals surface area contributed by atoms with Crippen molar-refractivity contribution in [2.75, 3.05) is 11.9 Å². The zero-order chi connectivity index (χ0) is 16.1. The van der Waals surface area contributed by atoms with Gasteiger partial charge in [0.05, 0.1) is 11.0 Å². The molecule has 23 heavy (non-hydrogen) atoms. The molecule has 2 aromatic heterocycles. The van der Waals surface area contributed by atoms with E-state index < -0.39 is 0 Å². The third-order valence-corrected chi connectivity index (χ3v) is 3.47. The van der Waals surface area contributed by atoms with Crippen LogP contribution in [0.4, 0.5) is 10.6 Å². The van der Waals surface area contributed by atoms with Gasteiger partial charge in [0.2, 0.25) is 0 Å². The van der Waals surface area contributed by atoms with Gasteiger partial charge in [0.1, 0.15) is 11.6 Å². The molecule has 2 heterocycles. The standard InChI is InChI=1S/C17H19N5O/c1-12-8-9-15(19-11-12)22-17(23)18-10-4-7-16-20-13-5-2-3-6-14(13)21-16/h2-3,5-6,8-9,11H,4,7,10H2,1H3,(H,20,21)(H2,18,19,22,23). The fourth-order valence-corrected chi connectivity index (χ4v) is 2.28. The molecule has 0 aliphatic heterocycles. The zero-order valence-corrected chi connectivity index (χ0v) is 13.0. The van der Waals surface area contributed by atoms with Crippen molar-refractivity contribution < 1.29 is 4.79 Å². The fraction of sp³-hybridized carbons (Fsp3) is 0.235. The van der Waals surface area contributed by atoms with Crippen LogP contribution < -0.4 is 10.6 Å². The minimum absolute atomic E-state index is 0.244. The molecule has 0 spiro atoms. The zero-order valence-electron chi connectivity index (χ0n) is 13.0. The highest BCUT2D eigenvalue weighted by Crippen LogP contribution is 2.11. The number of pyridine rings is 1. The summed E-state index contributed by atoms with van der Waals surface area (Å²) in [7, 11) is 0. The predicted octanol–water partition coefficient (Wildman–Crippen LogP) is 3.02. The van der Waals surface area contributed by atoms with E-state index in [4.69, 9.17) is 0 Å². The molecule has 6 nitrogen and oxygen atoms in total. The Balaban J connectivity index is 1.42. The van der Waals surface area contributed by atoms with Gasteiger partial charge in [-0.25, -0.2) is 14.8 Å². The maximum absolute atomic E-state index is 11.8. The first kappa shape index (κ1) is 15.0. The lowest BCUT2D eigenvalue weighted by molar-refractivity contribution is 0.252. The molecule has 3 aromatic rings. The summed E-state index contributed by atoms with van der Waals surface area (Å²) < 4.78 is 0. The average Bonchev–Trinajstić information content (AvgIpc) is 2.96. The van der Waals surface area contributed by atoms with Crippen molar-refractivity contribution in [3.8, 4) is 0 Å². The van der Waals surface area contributed by atoms with Gasteiger partial charge in [0, 0.05) is 19.2 Å². The molecule has 0 fully saturated rings. The largest absolute Gasteiger partial charge is 0.342 e. The van der Waals surface area contributed by atoms with Gasteiger partial charge in [-0.15, -0.1) is 0 Å². The third-order valence-electron chi connectivity index (χ3n) is 3.47. The smallest absolute Gasteiger partial charge is 0.320 e. The number of urea groups is 1. The number of aryl methyl sites for hydroxylation is 2. The van der Waals surface area contributed by atoms with Crippen molar-refractivity contribution in [1.82, 2.24) is 20.3 Å². The summed E-state index contributed by atoms with van der Waals surface area (Å²) in [6.07, 6.45) is 3.32. The highest BCUT2D eigenvalue weighted by atomic mass is 16.2. The Hall–Kier alpha value is -2.89. The summed E-state index contributed by atoms with van der Waals surface area (Å²) in [6.45, 7) is 2.53. The van der Waals surface area contributed by atoms with E-state index in [1.165, 1.54) is 0 Å². The summed E-state index contributed by atoms with van der Waals surface area (Å²) in [5.41, 5.74) is 3.07. The summed E-state index contributed by atoms with van der Waals surface area (Å²) in [5.74, 6) is 1.49. The second-order valence-electron chi connectivity index (χ2n) is 5.41. The number of carbonyl (C=O) groups excluding carboxylic acids is 1. The summed E-state index contributed by atoms with van der Waals surface area (Å²) in [5, 5.41) is 5.52. The van der Waals surface area contributed by atoms with E-state index in [1.54, 1.807) is 12.3 Å². The SMILES string of the molecule is Cc1ccc(NC(=O)NCCCc2nc3ccccc3[nH]2)nc1. The van der Waals surface area contributed by atoms with Gasteiger partial charge in [-0.1, -0.05) is 18.2 Å². The molecule has 3 rings (SSSR count). The van der Waals surface area contributed by atoms with Gasteiger partial charge in [0.15, 0.2) is 0 Å².